The fourth-order valence-electron chi connectivity index (χ4n) is 4.11. The van der Waals surface area contributed by atoms with Gasteiger partial charge in [-0.15, -0.1) is 0 Å². The number of carboxylic acid groups (broad SMARTS) is 1. The molecule has 14 heteroatoms. The van der Waals surface area contributed by atoms with Gasteiger partial charge in [-0.3, -0.25) is 19.2 Å². The first-order valence-electron chi connectivity index (χ1n) is 13.1. The zero-order valence-corrected chi connectivity index (χ0v) is 22.4. The first kappa shape index (κ1) is 32.2. The number of primary amides is 1. The fraction of sp³-hybridized carbons (Fsp3) is 0.500. The van der Waals surface area contributed by atoms with E-state index in [1.807, 2.05) is 24.3 Å². The van der Waals surface area contributed by atoms with Gasteiger partial charge in [0.05, 0.1) is 12.1 Å². The van der Waals surface area contributed by atoms with Crippen LogP contribution in [0.4, 0.5) is 0 Å². The van der Waals surface area contributed by atoms with Gasteiger partial charge in [-0.25, -0.2) is 4.79 Å². The Labute approximate surface area is 231 Å². The van der Waals surface area contributed by atoms with E-state index in [0.29, 0.717) is 24.9 Å². The van der Waals surface area contributed by atoms with Crippen LogP contribution in [0.3, 0.4) is 0 Å². The van der Waals surface area contributed by atoms with Crippen LogP contribution in [0.2, 0.25) is 0 Å². The summed E-state index contributed by atoms with van der Waals surface area (Å²) in [6.45, 7) is 1.56. The maximum absolute atomic E-state index is 13.5. The number of para-hydroxylation sites is 1. The summed E-state index contributed by atoms with van der Waals surface area (Å²) in [4.78, 5) is 65.0. The number of rotatable bonds is 17. The molecule has 0 spiro atoms. The summed E-state index contributed by atoms with van der Waals surface area (Å²) in [7, 11) is 0. The number of nitrogens with two attached hydrogens (primary N) is 3. The molecule has 4 amide bonds. The molecule has 5 unspecified atom stereocenters. The number of carboxylic acids is 1. The largest absolute Gasteiger partial charge is 0.480 e. The van der Waals surface area contributed by atoms with Crippen molar-refractivity contribution in [2.75, 3.05) is 6.54 Å². The third kappa shape index (κ3) is 9.63. The van der Waals surface area contributed by atoms with Crippen molar-refractivity contribution in [3.8, 4) is 0 Å². The van der Waals surface area contributed by atoms with Gasteiger partial charge in [0.1, 0.15) is 12.1 Å². The van der Waals surface area contributed by atoms with Crippen LogP contribution >= 0.6 is 0 Å². The molecular weight excluding hydrogens is 522 g/mol. The number of benzene rings is 1. The average Bonchev–Trinajstić information content (AvgIpc) is 3.31. The third-order valence-electron chi connectivity index (χ3n) is 6.40. The number of unbranched alkanes of at least 4 members (excludes halogenated alkanes) is 1. The van der Waals surface area contributed by atoms with Gasteiger partial charge in [0.2, 0.25) is 23.6 Å². The molecule has 0 saturated heterocycles. The number of H-pyrrole nitrogens is 1. The highest BCUT2D eigenvalue weighted by molar-refractivity contribution is 5.95. The first-order valence-corrected chi connectivity index (χ1v) is 13.1. The number of hydrogen-bond donors (Lipinski definition) is 9. The number of fused-ring (bicyclic) bond motifs is 1. The van der Waals surface area contributed by atoms with Crippen molar-refractivity contribution in [3.63, 3.8) is 0 Å². The number of nitrogens with one attached hydrogen (secondary N) is 4. The number of aromatic nitrogens is 1. The highest BCUT2D eigenvalue weighted by atomic mass is 16.4. The number of aliphatic carboxylic acids is 1. The van der Waals surface area contributed by atoms with Crippen molar-refractivity contribution in [2.45, 2.75) is 75.7 Å². The van der Waals surface area contributed by atoms with Crippen LogP contribution in [0.5, 0.6) is 0 Å². The van der Waals surface area contributed by atoms with Crippen LogP contribution in [0.15, 0.2) is 30.5 Å². The standard InChI is InChI=1S/C26H39N7O7/c1-14(34)22(26(39)40)33-24(37)19(8-4-5-11-27)31-25(38)20(32-23(36)17(28)9-10-21(29)35)12-15-13-30-18-7-3-2-6-16(15)18/h2-3,6-7,13-14,17,19-20,22,30,34H,4-5,8-12,27-28H2,1H3,(H2,29,35)(H,31,38)(H,32,36)(H,33,37)(H,39,40). The molecule has 0 aliphatic heterocycles. The van der Waals surface area contributed by atoms with Crippen molar-refractivity contribution >= 4 is 40.5 Å². The molecule has 1 aromatic heterocycles. The Hall–Kier alpha value is -4.01. The van der Waals surface area contributed by atoms with Gasteiger partial charge in [0, 0.05) is 29.9 Å². The number of aliphatic hydroxyl groups is 1. The third-order valence-corrected chi connectivity index (χ3v) is 6.40. The van der Waals surface area contributed by atoms with E-state index < -0.39 is 59.9 Å². The molecule has 0 aliphatic carbocycles. The van der Waals surface area contributed by atoms with Gasteiger partial charge in [-0.2, -0.15) is 0 Å². The Bertz CT molecular complexity index is 1180. The molecule has 14 nitrogen and oxygen atoms in total. The zero-order chi connectivity index (χ0) is 29.8. The van der Waals surface area contributed by atoms with E-state index in [-0.39, 0.29) is 25.7 Å². The Balaban J connectivity index is 2.30. The zero-order valence-electron chi connectivity index (χ0n) is 22.4. The van der Waals surface area contributed by atoms with Gasteiger partial charge in [0.15, 0.2) is 6.04 Å². The summed E-state index contributed by atoms with van der Waals surface area (Å²) in [5, 5.41) is 27.4. The predicted molar refractivity (Wildman–Crippen MR) is 146 cm³/mol. The molecule has 2 aromatic rings. The summed E-state index contributed by atoms with van der Waals surface area (Å²) < 4.78 is 0. The number of aromatic amines is 1. The second-order valence-electron chi connectivity index (χ2n) is 9.65. The highest BCUT2D eigenvalue weighted by Gasteiger charge is 2.32. The van der Waals surface area contributed by atoms with Crippen LogP contribution in [-0.2, 0) is 30.4 Å². The van der Waals surface area contributed by atoms with Crippen molar-refractivity contribution < 1.29 is 34.2 Å². The van der Waals surface area contributed by atoms with Crippen LogP contribution < -0.4 is 33.2 Å². The van der Waals surface area contributed by atoms with E-state index in [9.17, 15) is 34.2 Å². The Kier molecular flexibility index (Phi) is 12.5. The molecule has 0 saturated carbocycles. The summed E-state index contributed by atoms with van der Waals surface area (Å²) in [5.74, 6) is -4.28. The van der Waals surface area contributed by atoms with Gasteiger partial charge in [0.25, 0.3) is 0 Å². The molecule has 2 rings (SSSR count). The lowest BCUT2D eigenvalue weighted by Crippen LogP contribution is -2.58. The topological polar surface area (TPSA) is 256 Å². The lowest BCUT2D eigenvalue weighted by molar-refractivity contribution is -0.145. The molecule has 40 heavy (non-hydrogen) atoms. The number of carbonyl (C=O) groups is 5. The molecule has 220 valence electrons. The van der Waals surface area contributed by atoms with Crippen LogP contribution in [-0.4, -0.2) is 81.6 Å². The van der Waals surface area contributed by atoms with Crippen LogP contribution in [0.25, 0.3) is 10.9 Å². The average molecular weight is 562 g/mol. The summed E-state index contributed by atoms with van der Waals surface area (Å²) in [5.41, 5.74) is 18.1. The maximum atomic E-state index is 13.5. The summed E-state index contributed by atoms with van der Waals surface area (Å²) in [6.07, 6.45) is 1.32. The molecule has 5 atom stereocenters. The van der Waals surface area contributed by atoms with Gasteiger partial charge in [-0.1, -0.05) is 18.2 Å². The van der Waals surface area contributed by atoms with E-state index in [0.717, 1.165) is 10.9 Å². The van der Waals surface area contributed by atoms with Crippen molar-refractivity contribution in [1.29, 1.82) is 0 Å². The molecule has 0 aliphatic rings. The second-order valence-corrected chi connectivity index (χ2v) is 9.65. The number of amides is 4. The first-order chi connectivity index (χ1) is 18.9. The minimum absolute atomic E-state index is 0.0252. The van der Waals surface area contributed by atoms with Crippen LogP contribution in [0, 0.1) is 0 Å². The summed E-state index contributed by atoms with van der Waals surface area (Å²) in [6, 6.07) is 2.31. The van der Waals surface area contributed by atoms with E-state index in [4.69, 9.17) is 17.2 Å². The molecule has 0 bridgehead atoms. The monoisotopic (exact) mass is 561 g/mol. The number of hydrogen-bond acceptors (Lipinski definition) is 8. The van der Waals surface area contributed by atoms with Crippen molar-refractivity contribution in [2.24, 2.45) is 17.2 Å². The van der Waals surface area contributed by atoms with E-state index >= 15 is 0 Å². The Morgan fingerprint density at radius 2 is 1.60 bits per heavy atom. The second kappa shape index (κ2) is 15.5. The molecular formula is C26H39N7O7. The predicted octanol–water partition coefficient (Wildman–Crippen LogP) is -1.65. The Morgan fingerprint density at radius 1 is 0.950 bits per heavy atom. The van der Waals surface area contributed by atoms with E-state index in [2.05, 4.69) is 20.9 Å². The SMILES string of the molecule is CC(O)C(NC(=O)C(CCCCN)NC(=O)C(Cc1c[nH]c2ccccc12)NC(=O)C(N)CCC(N)=O)C(=O)O. The number of carbonyl (C=O) groups excluding carboxylic acids is 4. The normalized spacial score (nSPS) is 14.9. The summed E-state index contributed by atoms with van der Waals surface area (Å²) >= 11 is 0. The van der Waals surface area contributed by atoms with Crippen LogP contribution in [0.1, 0.15) is 44.6 Å². The fourth-order valence-corrected chi connectivity index (χ4v) is 4.11. The van der Waals surface area contributed by atoms with Gasteiger partial charge in [-0.05, 0) is 50.8 Å². The van der Waals surface area contributed by atoms with Gasteiger partial charge >= 0.3 is 5.97 Å². The number of aliphatic hydroxyl groups excluding tert-OH is 1. The molecule has 1 aromatic carbocycles. The molecule has 0 fully saturated rings. The highest BCUT2D eigenvalue weighted by Crippen LogP contribution is 2.19. The van der Waals surface area contributed by atoms with Gasteiger partial charge < -0.3 is 48.3 Å². The lowest BCUT2D eigenvalue weighted by Gasteiger charge is -2.26. The minimum atomic E-state index is -1.59. The Morgan fingerprint density at radius 3 is 2.23 bits per heavy atom. The smallest absolute Gasteiger partial charge is 0.328 e. The van der Waals surface area contributed by atoms with E-state index in [1.165, 1.54) is 6.92 Å². The molecule has 1 heterocycles. The van der Waals surface area contributed by atoms with E-state index in [1.54, 1.807) is 6.20 Å². The maximum Gasteiger partial charge on any atom is 0.328 e. The quantitative estimate of drug-likeness (QED) is 0.100. The molecule has 12 N–H and O–H groups in total. The van der Waals surface area contributed by atoms with Crippen molar-refractivity contribution in [1.82, 2.24) is 20.9 Å². The minimum Gasteiger partial charge on any atom is -0.480 e. The van der Waals surface area contributed by atoms with Crippen molar-refractivity contribution in [3.05, 3.63) is 36.0 Å². The lowest BCUT2D eigenvalue weighted by atomic mass is 10.0. The molecule has 0 radical (unpaired) electrons.